The largest absolute Gasteiger partial charge is 0.508 e. The second-order valence-corrected chi connectivity index (χ2v) is 5.25. The van der Waals surface area contributed by atoms with Crippen molar-refractivity contribution in [3.63, 3.8) is 0 Å². The molecular formula is C14H20N2O3. The summed E-state index contributed by atoms with van der Waals surface area (Å²) in [4.78, 5) is 14.1. The number of aromatic hydroxyl groups is 2. The lowest BCUT2D eigenvalue weighted by Gasteiger charge is -2.34. The molecule has 104 valence electrons. The van der Waals surface area contributed by atoms with E-state index in [0.717, 1.165) is 12.8 Å². The Morgan fingerprint density at radius 3 is 2.58 bits per heavy atom. The summed E-state index contributed by atoms with van der Waals surface area (Å²) in [5.74, 6) is -0.0756. The molecule has 1 saturated heterocycles. The average Bonchev–Trinajstić information content (AvgIpc) is 2.37. The molecule has 0 aliphatic carbocycles. The van der Waals surface area contributed by atoms with E-state index in [1.54, 1.807) is 4.90 Å². The minimum Gasteiger partial charge on any atom is -0.508 e. The average molecular weight is 264 g/mol. The lowest BCUT2D eigenvalue weighted by atomic mass is 9.92. The van der Waals surface area contributed by atoms with Crippen LogP contribution in [0.2, 0.25) is 0 Å². The normalized spacial score (nSPS) is 21.2. The third kappa shape index (κ3) is 3.17. The molecule has 1 aliphatic rings. The molecule has 1 fully saturated rings. The zero-order chi connectivity index (χ0) is 14.0. The topological polar surface area (TPSA) is 86.8 Å². The molecule has 1 aromatic rings. The molecule has 5 heteroatoms. The van der Waals surface area contributed by atoms with Crippen molar-refractivity contribution in [3.05, 3.63) is 23.8 Å². The Kier molecular flexibility index (Phi) is 3.95. The Balaban J connectivity index is 2.14. The standard InChI is InChI=1S/C14H20N2O3/c1-9(15)10-3-2-4-16(8-10)14(19)11-5-12(17)7-13(18)6-11/h5-7,9-10,17-18H,2-4,8,15H2,1H3. The molecule has 0 bridgehead atoms. The summed E-state index contributed by atoms with van der Waals surface area (Å²) >= 11 is 0. The molecule has 2 atom stereocenters. The first-order valence-corrected chi connectivity index (χ1v) is 6.55. The molecule has 0 aromatic heterocycles. The third-order valence-corrected chi connectivity index (χ3v) is 3.64. The van der Waals surface area contributed by atoms with Crippen molar-refractivity contribution in [1.29, 1.82) is 0 Å². The summed E-state index contributed by atoms with van der Waals surface area (Å²) in [5, 5.41) is 18.9. The molecule has 0 saturated carbocycles. The predicted molar refractivity (Wildman–Crippen MR) is 72.0 cm³/mol. The third-order valence-electron chi connectivity index (χ3n) is 3.64. The van der Waals surface area contributed by atoms with Crippen molar-refractivity contribution >= 4 is 5.91 Å². The number of hydrogen-bond acceptors (Lipinski definition) is 4. The molecule has 4 N–H and O–H groups in total. The van der Waals surface area contributed by atoms with Gasteiger partial charge in [0.15, 0.2) is 0 Å². The first kappa shape index (κ1) is 13.7. The fraction of sp³-hybridized carbons (Fsp3) is 0.500. The summed E-state index contributed by atoms with van der Waals surface area (Å²) in [7, 11) is 0. The number of hydrogen-bond donors (Lipinski definition) is 3. The van der Waals surface area contributed by atoms with Crippen LogP contribution in [0.4, 0.5) is 0 Å². The van der Waals surface area contributed by atoms with Gasteiger partial charge in [0, 0.05) is 30.8 Å². The van der Waals surface area contributed by atoms with Crippen molar-refractivity contribution in [2.24, 2.45) is 11.7 Å². The molecule has 1 heterocycles. The van der Waals surface area contributed by atoms with Gasteiger partial charge in [0.25, 0.3) is 5.91 Å². The van der Waals surface area contributed by atoms with Crippen LogP contribution in [0.15, 0.2) is 18.2 Å². The van der Waals surface area contributed by atoms with E-state index in [-0.39, 0.29) is 23.4 Å². The first-order valence-electron chi connectivity index (χ1n) is 6.55. The van der Waals surface area contributed by atoms with Crippen LogP contribution in [0.25, 0.3) is 0 Å². The number of phenols is 2. The van der Waals surface area contributed by atoms with Crippen molar-refractivity contribution in [2.75, 3.05) is 13.1 Å². The molecule has 1 amide bonds. The summed E-state index contributed by atoms with van der Waals surface area (Å²) < 4.78 is 0. The van der Waals surface area contributed by atoms with E-state index in [0.29, 0.717) is 24.6 Å². The number of phenolic OH excluding ortho intramolecular Hbond substituents is 2. The highest BCUT2D eigenvalue weighted by Gasteiger charge is 2.26. The van der Waals surface area contributed by atoms with Crippen LogP contribution in [-0.4, -0.2) is 40.2 Å². The molecule has 2 rings (SSSR count). The zero-order valence-electron chi connectivity index (χ0n) is 11.0. The van der Waals surface area contributed by atoms with Gasteiger partial charge in [-0.15, -0.1) is 0 Å². The second-order valence-electron chi connectivity index (χ2n) is 5.25. The number of rotatable bonds is 2. The molecule has 19 heavy (non-hydrogen) atoms. The van der Waals surface area contributed by atoms with E-state index in [1.165, 1.54) is 18.2 Å². The Hall–Kier alpha value is -1.75. The highest BCUT2D eigenvalue weighted by Crippen LogP contribution is 2.24. The lowest BCUT2D eigenvalue weighted by Crippen LogP contribution is -2.45. The number of carbonyl (C=O) groups excluding carboxylic acids is 1. The second kappa shape index (κ2) is 5.48. The van der Waals surface area contributed by atoms with Crippen molar-refractivity contribution < 1.29 is 15.0 Å². The number of benzene rings is 1. The van der Waals surface area contributed by atoms with E-state index >= 15 is 0 Å². The molecule has 0 spiro atoms. The molecular weight excluding hydrogens is 244 g/mol. The Bertz CT molecular complexity index is 454. The lowest BCUT2D eigenvalue weighted by molar-refractivity contribution is 0.0660. The monoisotopic (exact) mass is 264 g/mol. The van der Waals surface area contributed by atoms with Crippen LogP contribution >= 0.6 is 0 Å². The Morgan fingerprint density at radius 2 is 2.00 bits per heavy atom. The molecule has 1 aromatic carbocycles. The number of piperidine rings is 1. The summed E-state index contributed by atoms with van der Waals surface area (Å²) in [5.41, 5.74) is 6.21. The van der Waals surface area contributed by atoms with Gasteiger partial charge in [-0.05, 0) is 37.8 Å². The summed E-state index contributed by atoms with van der Waals surface area (Å²) in [6.45, 7) is 3.28. The van der Waals surface area contributed by atoms with Crippen LogP contribution in [0.3, 0.4) is 0 Å². The van der Waals surface area contributed by atoms with Gasteiger partial charge in [0.2, 0.25) is 0 Å². The number of nitrogens with zero attached hydrogens (tertiary/aromatic N) is 1. The summed E-state index contributed by atoms with van der Waals surface area (Å²) in [6, 6.07) is 4.01. The van der Waals surface area contributed by atoms with Gasteiger partial charge in [-0.3, -0.25) is 4.79 Å². The number of nitrogens with two attached hydrogens (primary N) is 1. The van der Waals surface area contributed by atoms with Gasteiger partial charge >= 0.3 is 0 Å². The maximum absolute atomic E-state index is 12.3. The molecule has 0 radical (unpaired) electrons. The van der Waals surface area contributed by atoms with Crippen molar-refractivity contribution in [3.8, 4) is 11.5 Å². The highest BCUT2D eigenvalue weighted by atomic mass is 16.3. The number of amides is 1. The van der Waals surface area contributed by atoms with E-state index in [1.807, 2.05) is 6.92 Å². The van der Waals surface area contributed by atoms with E-state index in [2.05, 4.69) is 0 Å². The highest BCUT2D eigenvalue weighted by molar-refractivity contribution is 5.95. The van der Waals surface area contributed by atoms with Gasteiger partial charge < -0.3 is 20.8 Å². The van der Waals surface area contributed by atoms with E-state index in [9.17, 15) is 15.0 Å². The number of carbonyl (C=O) groups is 1. The first-order chi connectivity index (χ1) is 8.97. The summed E-state index contributed by atoms with van der Waals surface area (Å²) in [6.07, 6.45) is 1.97. The smallest absolute Gasteiger partial charge is 0.254 e. The quantitative estimate of drug-likeness (QED) is 0.751. The van der Waals surface area contributed by atoms with Crippen LogP contribution in [0, 0.1) is 5.92 Å². The van der Waals surface area contributed by atoms with Gasteiger partial charge in [0.05, 0.1) is 0 Å². The van der Waals surface area contributed by atoms with Crippen LogP contribution in [0.1, 0.15) is 30.1 Å². The van der Waals surface area contributed by atoms with Crippen molar-refractivity contribution in [2.45, 2.75) is 25.8 Å². The van der Waals surface area contributed by atoms with Crippen molar-refractivity contribution in [1.82, 2.24) is 4.90 Å². The Labute approximate surface area is 112 Å². The van der Waals surface area contributed by atoms with Gasteiger partial charge in [-0.25, -0.2) is 0 Å². The van der Waals surface area contributed by atoms with Crippen LogP contribution < -0.4 is 5.73 Å². The fourth-order valence-corrected chi connectivity index (χ4v) is 2.52. The molecule has 5 nitrogen and oxygen atoms in total. The molecule has 2 unspecified atom stereocenters. The van der Waals surface area contributed by atoms with Gasteiger partial charge in [0.1, 0.15) is 11.5 Å². The SMILES string of the molecule is CC(N)C1CCCN(C(=O)c2cc(O)cc(O)c2)C1. The van der Waals surface area contributed by atoms with E-state index < -0.39 is 0 Å². The van der Waals surface area contributed by atoms with E-state index in [4.69, 9.17) is 5.73 Å². The minimum absolute atomic E-state index is 0.0631. The van der Waals surface area contributed by atoms with Crippen LogP contribution in [0.5, 0.6) is 11.5 Å². The van der Waals surface area contributed by atoms with Crippen LogP contribution in [-0.2, 0) is 0 Å². The maximum atomic E-state index is 12.3. The fourth-order valence-electron chi connectivity index (χ4n) is 2.52. The Morgan fingerprint density at radius 1 is 1.37 bits per heavy atom. The minimum atomic E-state index is -0.170. The molecule has 1 aliphatic heterocycles. The predicted octanol–water partition coefficient (Wildman–Crippen LogP) is 1.30. The van der Waals surface area contributed by atoms with Gasteiger partial charge in [-0.2, -0.15) is 0 Å². The zero-order valence-corrected chi connectivity index (χ0v) is 11.0. The maximum Gasteiger partial charge on any atom is 0.254 e. The van der Waals surface area contributed by atoms with Gasteiger partial charge in [-0.1, -0.05) is 0 Å². The number of likely N-dealkylation sites (tertiary alicyclic amines) is 1.